The minimum absolute atomic E-state index is 0.0830. The van der Waals surface area contributed by atoms with Gasteiger partial charge in [-0.3, -0.25) is 4.79 Å². The number of nitrogens with zero attached hydrogens (tertiary/aromatic N) is 2. The Balaban J connectivity index is 1.98. The third-order valence-corrected chi connectivity index (χ3v) is 5.87. The van der Waals surface area contributed by atoms with Crippen molar-refractivity contribution < 1.29 is 4.79 Å². The molecule has 0 aliphatic rings. The standard InChI is InChI=1S/C22H15Cl4N3O/c1-12-8-14(13(2)29(12)16-6-7-17(23)20(26)10-16)9-15(11-27)22(30)28-21-18(24)4-3-5-19(21)25/h3-10H,1-2H3,(H,28,30)/b15-9+. The zero-order chi connectivity index (χ0) is 22.0. The van der Waals surface area contributed by atoms with E-state index in [1.54, 1.807) is 30.3 Å². The highest BCUT2D eigenvalue weighted by Gasteiger charge is 2.16. The average Bonchev–Trinajstić information content (AvgIpc) is 2.98. The summed E-state index contributed by atoms with van der Waals surface area (Å²) in [5.74, 6) is -0.605. The molecule has 0 aliphatic carbocycles. The summed E-state index contributed by atoms with van der Waals surface area (Å²) in [7, 11) is 0. The van der Waals surface area contributed by atoms with Crippen molar-refractivity contribution in [1.82, 2.24) is 4.57 Å². The first-order chi connectivity index (χ1) is 14.2. The van der Waals surface area contributed by atoms with Crippen molar-refractivity contribution in [2.45, 2.75) is 13.8 Å². The average molecular weight is 479 g/mol. The van der Waals surface area contributed by atoms with Crippen LogP contribution in [0.15, 0.2) is 48.0 Å². The molecule has 0 bridgehead atoms. The van der Waals surface area contributed by atoms with Crippen molar-refractivity contribution in [1.29, 1.82) is 5.26 Å². The molecule has 2 aromatic carbocycles. The number of hydrogen-bond donors (Lipinski definition) is 1. The van der Waals surface area contributed by atoms with Gasteiger partial charge in [0.25, 0.3) is 5.91 Å². The number of para-hydroxylation sites is 1. The summed E-state index contributed by atoms with van der Waals surface area (Å²) >= 11 is 24.4. The number of nitriles is 1. The maximum atomic E-state index is 12.6. The summed E-state index contributed by atoms with van der Waals surface area (Å²) in [5, 5.41) is 13.6. The number of carbonyl (C=O) groups is 1. The van der Waals surface area contributed by atoms with E-state index < -0.39 is 5.91 Å². The molecular formula is C22H15Cl4N3O. The number of aryl methyl sites for hydroxylation is 1. The van der Waals surface area contributed by atoms with Crippen molar-refractivity contribution in [3.8, 4) is 11.8 Å². The highest BCUT2D eigenvalue weighted by molar-refractivity contribution is 6.42. The summed E-state index contributed by atoms with van der Waals surface area (Å²) in [6.45, 7) is 3.81. The summed E-state index contributed by atoms with van der Waals surface area (Å²) < 4.78 is 1.96. The van der Waals surface area contributed by atoms with Gasteiger partial charge in [0.15, 0.2) is 0 Å². The lowest BCUT2D eigenvalue weighted by Gasteiger charge is -2.11. The van der Waals surface area contributed by atoms with Gasteiger partial charge < -0.3 is 9.88 Å². The monoisotopic (exact) mass is 477 g/mol. The molecule has 0 unspecified atom stereocenters. The van der Waals surface area contributed by atoms with Gasteiger partial charge >= 0.3 is 0 Å². The molecule has 0 atom stereocenters. The molecule has 0 fully saturated rings. The second kappa shape index (κ2) is 9.16. The van der Waals surface area contributed by atoms with Crippen molar-refractivity contribution in [2.24, 2.45) is 0 Å². The van der Waals surface area contributed by atoms with Crippen LogP contribution < -0.4 is 5.32 Å². The van der Waals surface area contributed by atoms with Gasteiger partial charge in [-0.2, -0.15) is 5.26 Å². The first-order valence-corrected chi connectivity index (χ1v) is 10.3. The molecule has 0 radical (unpaired) electrons. The second-order valence-corrected chi connectivity index (χ2v) is 8.11. The highest BCUT2D eigenvalue weighted by atomic mass is 35.5. The van der Waals surface area contributed by atoms with Crippen molar-refractivity contribution in [3.05, 3.63) is 85.1 Å². The van der Waals surface area contributed by atoms with Gasteiger partial charge in [0.2, 0.25) is 0 Å². The third-order valence-electron chi connectivity index (χ3n) is 4.50. The first-order valence-electron chi connectivity index (χ1n) is 8.74. The number of benzene rings is 2. The summed E-state index contributed by atoms with van der Waals surface area (Å²) in [6.07, 6.45) is 1.52. The van der Waals surface area contributed by atoms with Crippen LogP contribution in [0.1, 0.15) is 17.0 Å². The lowest BCUT2D eigenvalue weighted by Crippen LogP contribution is -2.14. The van der Waals surface area contributed by atoms with Crippen LogP contribution in [-0.2, 0) is 4.79 Å². The fourth-order valence-electron chi connectivity index (χ4n) is 3.06. The van der Waals surface area contributed by atoms with Crippen LogP contribution in [0.4, 0.5) is 5.69 Å². The van der Waals surface area contributed by atoms with E-state index in [9.17, 15) is 10.1 Å². The largest absolute Gasteiger partial charge is 0.319 e. The van der Waals surface area contributed by atoms with Gasteiger partial charge in [0, 0.05) is 17.1 Å². The van der Waals surface area contributed by atoms with E-state index in [0.717, 1.165) is 22.6 Å². The molecule has 3 rings (SSSR count). The molecule has 1 aromatic heterocycles. The maximum Gasteiger partial charge on any atom is 0.266 e. The van der Waals surface area contributed by atoms with Crippen LogP contribution in [0, 0.1) is 25.2 Å². The zero-order valence-electron chi connectivity index (χ0n) is 15.9. The predicted molar refractivity (Wildman–Crippen MR) is 124 cm³/mol. The SMILES string of the molecule is Cc1cc(/C=C(\C#N)C(=O)Nc2c(Cl)cccc2Cl)c(C)n1-c1ccc(Cl)c(Cl)c1. The van der Waals surface area contributed by atoms with Gasteiger partial charge in [-0.15, -0.1) is 0 Å². The number of nitrogens with one attached hydrogen (secondary N) is 1. The Hall–Kier alpha value is -2.42. The zero-order valence-corrected chi connectivity index (χ0v) is 19.0. The van der Waals surface area contributed by atoms with Gasteiger partial charge in [-0.1, -0.05) is 52.5 Å². The van der Waals surface area contributed by atoms with Gasteiger partial charge in [0.05, 0.1) is 25.8 Å². The number of rotatable bonds is 4. The summed E-state index contributed by atoms with van der Waals surface area (Å²) in [5.41, 5.74) is 3.46. The quantitative estimate of drug-likeness (QED) is 0.317. The van der Waals surface area contributed by atoms with E-state index in [0.29, 0.717) is 10.0 Å². The number of carbonyl (C=O) groups excluding carboxylic acids is 1. The molecule has 4 nitrogen and oxygen atoms in total. The Morgan fingerprint density at radius 1 is 1.00 bits per heavy atom. The number of hydrogen-bond acceptors (Lipinski definition) is 2. The van der Waals surface area contributed by atoms with Gasteiger partial charge in [0.1, 0.15) is 11.6 Å². The van der Waals surface area contributed by atoms with E-state index >= 15 is 0 Å². The molecule has 8 heteroatoms. The highest BCUT2D eigenvalue weighted by Crippen LogP contribution is 2.31. The fourth-order valence-corrected chi connectivity index (χ4v) is 3.84. The Bertz CT molecular complexity index is 1200. The van der Waals surface area contributed by atoms with Crippen molar-refractivity contribution in [3.63, 3.8) is 0 Å². The third kappa shape index (κ3) is 4.50. The van der Waals surface area contributed by atoms with Crippen LogP contribution >= 0.6 is 46.4 Å². The molecule has 152 valence electrons. The molecule has 0 spiro atoms. The van der Waals surface area contributed by atoms with Crippen LogP contribution in [0.3, 0.4) is 0 Å². The molecule has 0 saturated carbocycles. The van der Waals surface area contributed by atoms with Crippen LogP contribution in [0.2, 0.25) is 20.1 Å². The van der Waals surface area contributed by atoms with Crippen LogP contribution in [0.5, 0.6) is 0 Å². The molecule has 30 heavy (non-hydrogen) atoms. The number of aromatic nitrogens is 1. The normalized spacial score (nSPS) is 11.3. The lowest BCUT2D eigenvalue weighted by atomic mass is 10.1. The van der Waals surface area contributed by atoms with E-state index in [1.807, 2.05) is 36.6 Å². The Kier molecular flexibility index (Phi) is 6.80. The Morgan fingerprint density at radius 3 is 2.27 bits per heavy atom. The van der Waals surface area contributed by atoms with Gasteiger partial charge in [-0.25, -0.2) is 0 Å². The molecule has 1 heterocycles. The summed E-state index contributed by atoms with van der Waals surface area (Å²) in [4.78, 5) is 12.6. The van der Waals surface area contributed by atoms with E-state index in [1.165, 1.54) is 6.08 Å². The smallest absolute Gasteiger partial charge is 0.266 e. The topological polar surface area (TPSA) is 57.8 Å². The van der Waals surface area contributed by atoms with E-state index in [-0.39, 0.29) is 21.3 Å². The number of halogens is 4. The first kappa shape index (κ1) is 22.3. The number of amides is 1. The number of anilines is 1. The predicted octanol–water partition coefficient (Wildman–Crippen LogP) is 7.25. The van der Waals surface area contributed by atoms with E-state index in [4.69, 9.17) is 46.4 Å². The second-order valence-electron chi connectivity index (χ2n) is 6.48. The Labute approximate surface area is 194 Å². The molecule has 1 amide bonds. The van der Waals surface area contributed by atoms with Crippen LogP contribution in [-0.4, -0.2) is 10.5 Å². The van der Waals surface area contributed by atoms with Gasteiger partial charge in [-0.05, 0) is 61.9 Å². The molecule has 0 aliphatic heterocycles. The molecule has 1 N–H and O–H groups in total. The van der Waals surface area contributed by atoms with E-state index in [2.05, 4.69) is 5.32 Å². The maximum absolute atomic E-state index is 12.6. The van der Waals surface area contributed by atoms with Crippen molar-refractivity contribution >= 4 is 64.1 Å². The fraction of sp³-hybridized carbons (Fsp3) is 0.0909. The molecule has 0 saturated heterocycles. The minimum atomic E-state index is -0.605. The summed E-state index contributed by atoms with van der Waals surface area (Å²) in [6, 6.07) is 14.0. The minimum Gasteiger partial charge on any atom is -0.319 e. The Morgan fingerprint density at radius 2 is 1.67 bits per heavy atom. The van der Waals surface area contributed by atoms with Crippen LogP contribution in [0.25, 0.3) is 11.8 Å². The lowest BCUT2D eigenvalue weighted by molar-refractivity contribution is -0.112. The molecule has 3 aromatic rings. The van der Waals surface area contributed by atoms with Crippen molar-refractivity contribution in [2.75, 3.05) is 5.32 Å². The molecular weight excluding hydrogens is 464 g/mol.